The molecule has 1 aliphatic heterocycles. The summed E-state index contributed by atoms with van der Waals surface area (Å²) in [5, 5.41) is 9.25. The number of carbonyl (C=O) groups excluding carboxylic acids is 1. The number of rotatable bonds is 4. The van der Waals surface area contributed by atoms with E-state index in [4.69, 9.17) is 4.74 Å². The highest BCUT2D eigenvalue weighted by atomic mass is 16.6. The molecular formula is C18H26N2O4. The number of amides is 1. The summed E-state index contributed by atoms with van der Waals surface area (Å²) in [6, 6.07) is 4.87. The van der Waals surface area contributed by atoms with E-state index in [1.807, 2.05) is 20.8 Å². The van der Waals surface area contributed by atoms with E-state index in [1.54, 1.807) is 17.0 Å². The number of benzene rings is 1. The zero-order chi connectivity index (χ0) is 17.9. The van der Waals surface area contributed by atoms with E-state index in [-0.39, 0.29) is 5.56 Å². The lowest BCUT2D eigenvalue weighted by molar-refractivity contribution is 0.0579. The molecule has 0 atom stereocenters. The van der Waals surface area contributed by atoms with Crippen LogP contribution in [0.2, 0.25) is 0 Å². The molecule has 0 unspecified atom stereocenters. The topological polar surface area (TPSA) is 70.1 Å². The van der Waals surface area contributed by atoms with Crippen LogP contribution in [0.1, 0.15) is 50.9 Å². The van der Waals surface area contributed by atoms with E-state index in [0.717, 1.165) is 25.1 Å². The lowest BCUT2D eigenvalue weighted by Crippen LogP contribution is -2.46. The summed E-state index contributed by atoms with van der Waals surface area (Å²) >= 11 is 0. The fraction of sp³-hybridized carbons (Fsp3) is 0.556. The number of fused-ring (bicyclic) bond motifs is 1. The summed E-state index contributed by atoms with van der Waals surface area (Å²) in [6.45, 7) is 9.64. The van der Waals surface area contributed by atoms with Crippen molar-refractivity contribution in [2.75, 3.05) is 29.4 Å². The highest BCUT2D eigenvalue weighted by Crippen LogP contribution is 2.35. The van der Waals surface area contributed by atoms with E-state index in [2.05, 4.69) is 11.8 Å². The van der Waals surface area contributed by atoms with Crippen LogP contribution in [0.3, 0.4) is 0 Å². The van der Waals surface area contributed by atoms with Crippen LogP contribution in [0.25, 0.3) is 0 Å². The molecule has 0 spiro atoms. The number of carbonyl (C=O) groups is 2. The van der Waals surface area contributed by atoms with Gasteiger partial charge >= 0.3 is 12.1 Å². The zero-order valence-electron chi connectivity index (χ0n) is 14.8. The third-order valence-corrected chi connectivity index (χ3v) is 3.84. The zero-order valence-corrected chi connectivity index (χ0v) is 14.8. The Morgan fingerprint density at radius 2 is 1.92 bits per heavy atom. The molecule has 0 aromatic heterocycles. The molecule has 0 fully saturated rings. The van der Waals surface area contributed by atoms with Crippen molar-refractivity contribution in [3.05, 3.63) is 23.8 Å². The van der Waals surface area contributed by atoms with Gasteiger partial charge in [0.05, 0.1) is 16.9 Å². The number of hydrogen-bond acceptors (Lipinski definition) is 4. The lowest BCUT2D eigenvalue weighted by Gasteiger charge is -2.38. The molecule has 2 rings (SSSR count). The molecule has 0 radical (unpaired) electrons. The maximum atomic E-state index is 12.5. The maximum Gasteiger partial charge on any atom is 0.414 e. The van der Waals surface area contributed by atoms with Gasteiger partial charge in [-0.05, 0) is 45.4 Å². The minimum absolute atomic E-state index is 0.223. The Balaban J connectivity index is 2.36. The number of aromatic carboxylic acids is 1. The van der Waals surface area contributed by atoms with Crippen LogP contribution in [0.4, 0.5) is 16.2 Å². The van der Waals surface area contributed by atoms with Crippen molar-refractivity contribution in [3.8, 4) is 0 Å². The third kappa shape index (κ3) is 4.19. The van der Waals surface area contributed by atoms with Gasteiger partial charge in [0.25, 0.3) is 0 Å². The molecule has 132 valence electrons. The number of anilines is 2. The van der Waals surface area contributed by atoms with Crippen LogP contribution < -0.4 is 9.80 Å². The monoisotopic (exact) mass is 334 g/mol. The molecule has 0 aliphatic carbocycles. The molecule has 1 amide bonds. The number of hydrogen-bond donors (Lipinski definition) is 1. The summed E-state index contributed by atoms with van der Waals surface area (Å²) in [6.07, 6.45) is 1.67. The van der Waals surface area contributed by atoms with Gasteiger partial charge in [0.2, 0.25) is 0 Å². The fourth-order valence-corrected chi connectivity index (χ4v) is 2.69. The normalized spacial score (nSPS) is 14.3. The van der Waals surface area contributed by atoms with Gasteiger partial charge in [-0.25, -0.2) is 9.59 Å². The Hall–Kier alpha value is -2.24. The second-order valence-corrected chi connectivity index (χ2v) is 6.98. The summed E-state index contributed by atoms with van der Waals surface area (Å²) in [7, 11) is 0. The summed E-state index contributed by atoms with van der Waals surface area (Å²) in [5.74, 6) is -0.970. The van der Waals surface area contributed by atoms with Gasteiger partial charge in [0.1, 0.15) is 5.60 Å². The Morgan fingerprint density at radius 3 is 2.50 bits per heavy atom. The molecule has 1 N–H and O–H groups in total. The van der Waals surface area contributed by atoms with Gasteiger partial charge in [-0.3, -0.25) is 4.90 Å². The molecule has 0 saturated carbocycles. The first kappa shape index (κ1) is 18.1. The molecule has 6 nitrogen and oxygen atoms in total. The van der Waals surface area contributed by atoms with Gasteiger partial charge in [0, 0.05) is 19.6 Å². The molecular weight excluding hydrogens is 308 g/mol. The van der Waals surface area contributed by atoms with Crippen LogP contribution in [0, 0.1) is 0 Å². The molecule has 1 aromatic rings. The van der Waals surface area contributed by atoms with Crippen molar-refractivity contribution in [2.45, 2.75) is 46.1 Å². The highest BCUT2D eigenvalue weighted by Gasteiger charge is 2.30. The van der Waals surface area contributed by atoms with Crippen molar-refractivity contribution in [3.63, 3.8) is 0 Å². The molecule has 0 saturated heterocycles. The maximum absolute atomic E-state index is 12.5. The molecule has 1 aromatic carbocycles. The number of ether oxygens (including phenoxy) is 1. The van der Waals surface area contributed by atoms with Gasteiger partial charge in [-0.15, -0.1) is 0 Å². The quantitative estimate of drug-likeness (QED) is 0.908. The Labute approximate surface area is 143 Å². The number of nitrogens with zero attached hydrogens (tertiary/aromatic N) is 2. The Morgan fingerprint density at radius 1 is 1.21 bits per heavy atom. The number of carboxylic acids is 1. The average Bonchev–Trinajstić information content (AvgIpc) is 2.50. The van der Waals surface area contributed by atoms with Crippen molar-refractivity contribution in [1.29, 1.82) is 0 Å². The fourth-order valence-electron chi connectivity index (χ4n) is 2.69. The second kappa shape index (κ2) is 7.11. The SMILES string of the molecule is CCCCN1CCN(C(=O)OC(C)(C)C)c2ccc(C(=O)O)cc21. The smallest absolute Gasteiger partial charge is 0.414 e. The first-order valence-electron chi connectivity index (χ1n) is 8.35. The van der Waals surface area contributed by atoms with E-state index in [1.165, 1.54) is 6.07 Å². The third-order valence-electron chi connectivity index (χ3n) is 3.84. The molecule has 1 aliphatic rings. The Kier molecular flexibility index (Phi) is 5.36. The first-order valence-corrected chi connectivity index (χ1v) is 8.35. The van der Waals surface area contributed by atoms with E-state index >= 15 is 0 Å². The van der Waals surface area contributed by atoms with Gasteiger partial charge in [-0.2, -0.15) is 0 Å². The van der Waals surface area contributed by atoms with Crippen LogP contribution >= 0.6 is 0 Å². The van der Waals surface area contributed by atoms with Crippen LogP contribution in [0.5, 0.6) is 0 Å². The second-order valence-electron chi connectivity index (χ2n) is 6.98. The first-order chi connectivity index (χ1) is 11.2. The lowest BCUT2D eigenvalue weighted by atomic mass is 10.1. The summed E-state index contributed by atoms with van der Waals surface area (Å²) < 4.78 is 5.48. The van der Waals surface area contributed by atoms with Crippen molar-refractivity contribution in [1.82, 2.24) is 0 Å². The molecule has 6 heteroatoms. The summed E-state index contributed by atoms with van der Waals surface area (Å²) in [4.78, 5) is 27.5. The highest BCUT2D eigenvalue weighted by molar-refractivity contribution is 5.97. The Bertz CT molecular complexity index is 622. The van der Waals surface area contributed by atoms with E-state index in [9.17, 15) is 14.7 Å². The largest absolute Gasteiger partial charge is 0.478 e. The predicted octanol–water partition coefficient (Wildman–Crippen LogP) is 3.75. The van der Waals surface area contributed by atoms with Gasteiger partial charge < -0.3 is 14.7 Å². The number of unbranched alkanes of at least 4 members (excludes halogenated alkanes) is 1. The van der Waals surface area contributed by atoms with E-state index in [0.29, 0.717) is 18.8 Å². The van der Waals surface area contributed by atoms with Crippen molar-refractivity contribution < 1.29 is 19.4 Å². The minimum atomic E-state index is -0.970. The molecule has 24 heavy (non-hydrogen) atoms. The van der Waals surface area contributed by atoms with Crippen molar-refractivity contribution >= 4 is 23.4 Å². The van der Waals surface area contributed by atoms with Crippen LogP contribution in [0.15, 0.2) is 18.2 Å². The van der Waals surface area contributed by atoms with E-state index < -0.39 is 17.7 Å². The summed E-state index contributed by atoms with van der Waals surface area (Å²) in [5.41, 5.74) is 1.13. The van der Waals surface area contributed by atoms with Crippen LogP contribution in [-0.2, 0) is 4.74 Å². The predicted molar refractivity (Wildman–Crippen MR) is 94.1 cm³/mol. The van der Waals surface area contributed by atoms with Gasteiger partial charge in [0.15, 0.2) is 0 Å². The average molecular weight is 334 g/mol. The van der Waals surface area contributed by atoms with Crippen LogP contribution in [-0.4, -0.2) is 42.4 Å². The molecule has 0 bridgehead atoms. The minimum Gasteiger partial charge on any atom is -0.478 e. The standard InChI is InChI=1S/C18H26N2O4/c1-5-6-9-19-10-11-20(17(23)24-18(2,3)4)14-8-7-13(16(21)22)12-15(14)19/h7-8,12H,5-6,9-11H2,1-4H3,(H,21,22). The molecule has 1 heterocycles. The number of carboxylic acid groups (broad SMARTS) is 1. The van der Waals surface area contributed by atoms with Crippen molar-refractivity contribution in [2.24, 2.45) is 0 Å². The van der Waals surface area contributed by atoms with Gasteiger partial charge in [-0.1, -0.05) is 13.3 Å².